The summed E-state index contributed by atoms with van der Waals surface area (Å²) >= 11 is 5.01. The monoisotopic (exact) mass is 476 g/mol. The normalized spacial score (nSPS) is 12.8. The first-order valence-electron chi connectivity index (χ1n) is 9.86. The highest BCUT2D eigenvalue weighted by Gasteiger charge is 2.26. The number of carbonyl (C=O) groups is 2. The van der Waals surface area contributed by atoms with E-state index in [2.05, 4.69) is 33.4 Å². The average Bonchev–Trinajstić information content (AvgIpc) is 2.73. The molecule has 0 aliphatic heterocycles. The summed E-state index contributed by atoms with van der Waals surface area (Å²) in [5, 5.41) is 2.99. The van der Waals surface area contributed by atoms with Gasteiger partial charge in [-0.15, -0.1) is 11.8 Å². The average molecular weight is 477 g/mol. The maximum atomic E-state index is 13.0. The Labute approximate surface area is 186 Å². The summed E-state index contributed by atoms with van der Waals surface area (Å²) in [6.07, 6.45) is 0.853. The number of hydrogen-bond donors (Lipinski definition) is 1. The highest BCUT2D eigenvalue weighted by molar-refractivity contribution is 9.10. The molecule has 29 heavy (non-hydrogen) atoms. The summed E-state index contributed by atoms with van der Waals surface area (Å²) < 4.78 is 0.986. The van der Waals surface area contributed by atoms with Crippen molar-refractivity contribution < 1.29 is 9.59 Å². The Morgan fingerprint density at radius 3 is 2.31 bits per heavy atom. The zero-order valence-electron chi connectivity index (χ0n) is 17.2. The van der Waals surface area contributed by atoms with E-state index in [1.165, 1.54) is 5.56 Å². The van der Waals surface area contributed by atoms with Crippen molar-refractivity contribution in [1.82, 2.24) is 10.2 Å². The minimum absolute atomic E-state index is 0.0272. The predicted octanol–water partition coefficient (Wildman–Crippen LogP) is 5.01. The van der Waals surface area contributed by atoms with Crippen LogP contribution in [0.4, 0.5) is 0 Å². The SMILES string of the molecule is CC[C@@H](C)NC(=O)[C@@H](C)N(Cc1ccc(Br)cc1)C(=O)CSCc1ccccc1. The van der Waals surface area contributed by atoms with E-state index >= 15 is 0 Å². The second-order valence-electron chi connectivity index (χ2n) is 7.12. The first-order chi connectivity index (χ1) is 13.9. The van der Waals surface area contributed by atoms with Crippen LogP contribution in [0.3, 0.4) is 0 Å². The van der Waals surface area contributed by atoms with Gasteiger partial charge in [0.2, 0.25) is 11.8 Å². The molecule has 0 heterocycles. The fraction of sp³-hybridized carbons (Fsp3) is 0.391. The summed E-state index contributed by atoms with van der Waals surface area (Å²) in [6, 6.07) is 17.5. The van der Waals surface area contributed by atoms with Crippen LogP contribution >= 0.6 is 27.7 Å². The Morgan fingerprint density at radius 2 is 1.69 bits per heavy atom. The topological polar surface area (TPSA) is 49.4 Å². The Balaban J connectivity index is 2.06. The number of halogens is 1. The highest BCUT2D eigenvalue weighted by Crippen LogP contribution is 2.17. The number of rotatable bonds is 10. The van der Waals surface area contributed by atoms with Gasteiger partial charge in [-0.25, -0.2) is 0 Å². The molecule has 0 saturated heterocycles. The number of nitrogens with one attached hydrogen (secondary N) is 1. The van der Waals surface area contributed by atoms with E-state index < -0.39 is 6.04 Å². The lowest BCUT2D eigenvalue weighted by molar-refractivity contribution is -0.138. The van der Waals surface area contributed by atoms with Gasteiger partial charge < -0.3 is 10.2 Å². The Kier molecular flexibility index (Phi) is 9.74. The van der Waals surface area contributed by atoms with Crippen molar-refractivity contribution in [2.75, 3.05) is 5.75 Å². The number of thioether (sulfide) groups is 1. The Bertz CT molecular complexity index is 783. The van der Waals surface area contributed by atoms with Gasteiger partial charge in [0, 0.05) is 22.8 Å². The molecule has 2 rings (SSSR count). The molecule has 2 atom stereocenters. The van der Waals surface area contributed by atoms with Crippen molar-refractivity contribution in [2.24, 2.45) is 0 Å². The zero-order valence-corrected chi connectivity index (χ0v) is 19.6. The number of carbonyl (C=O) groups excluding carboxylic acids is 2. The third-order valence-electron chi connectivity index (χ3n) is 4.77. The molecule has 0 saturated carbocycles. The van der Waals surface area contributed by atoms with Crippen LogP contribution in [0.25, 0.3) is 0 Å². The van der Waals surface area contributed by atoms with E-state index in [9.17, 15) is 9.59 Å². The first kappa shape index (κ1) is 23.5. The van der Waals surface area contributed by atoms with E-state index in [4.69, 9.17) is 0 Å². The molecule has 0 aromatic heterocycles. The van der Waals surface area contributed by atoms with Gasteiger partial charge >= 0.3 is 0 Å². The van der Waals surface area contributed by atoms with Crippen LogP contribution in [-0.4, -0.2) is 34.6 Å². The lowest BCUT2D eigenvalue weighted by Gasteiger charge is -2.29. The van der Waals surface area contributed by atoms with E-state index in [-0.39, 0.29) is 17.9 Å². The largest absolute Gasteiger partial charge is 0.352 e. The molecule has 156 valence electrons. The summed E-state index contributed by atoms with van der Waals surface area (Å²) in [4.78, 5) is 27.4. The molecular formula is C23H29BrN2O2S. The number of hydrogen-bond acceptors (Lipinski definition) is 3. The number of amides is 2. The van der Waals surface area contributed by atoms with Crippen LogP contribution in [0, 0.1) is 0 Å². The van der Waals surface area contributed by atoms with E-state index in [1.807, 2.05) is 56.3 Å². The molecule has 0 bridgehead atoms. The van der Waals surface area contributed by atoms with Gasteiger partial charge in [0.15, 0.2) is 0 Å². The molecule has 4 nitrogen and oxygen atoms in total. The predicted molar refractivity (Wildman–Crippen MR) is 125 cm³/mol. The van der Waals surface area contributed by atoms with Crippen LogP contribution < -0.4 is 5.32 Å². The molecule has 1 N–H and O–H groups in total. The molecule has 2 aromatic rings. The molecule has 0 aliphatic rings. The first-order valence-corrected chi connectivity index (χ1v) is 11.8. The fourth-order valence-corrected chi connectivity index (χ4v) is 3.88. The van der Waals surface area contributed by atoms with Crippen molar-refractivity contribution in [1.29, 1.82) is 0 Å². The number of benzene rings is 2. The van der Waals surface area contributed by atoms with Gasteiger partial charge in [0.25, 0.3) is 0 Å². The molecule has 2 amide bonds. The molecule has 0 radical (unpaired) electrons. The highest BCUT2D eigenvalue weighted by atomic mass is 79.9. The van der Waals surface area contributed by atoms with Crippen LogP contribution in [0.1, 0.15) is 38.3 Å². The summed E-state index contributed by atoms with van der Waals surface area (Å²) in [5.41, 5.74) is 2.19. The Hall–Kier alpha value is -1.79. The lowest BCUT2D eigenvalue weighted by atomic mass is 10.1. The summed E-state index contributed by atoms with van der Waals surface area (Å²) in [6.45, 7) is 6.21. The van der Waals surface area contributed by atoms with Crippen molar-refractivity contribution in [3.63, 3.8) is 0 Å². The van der Waals surface area contributed by atoms with Crippen LogP contribution in [0.2, 0.25) is 0 Å². The van der Waals surface area contributed by atoms with Gasteiger partial charge in [-0.2, -0.15) is 0 Å². The minimum Gasteiger partial charge on any atom is -0.352 e. The summed E-state index contributed by atoms with van der Waals surface area (Å²) in [5.74, 6) is 0.969. The van der Waals surface area contributed by atoms with Gasteiger partial charge in [0.05, 0.1) is 5.75 Å². The molecule has 0 fully saturated rings. The van der Waals surface area contributed by atoms with E-state index in [0.29, 0.717) is 12.3 Å². The minimum atomic E-state index is -0.530. The van der Waals surface area contributed by atoms with Crippen molar-refractivity contribution in [3.05, 3.63) is 70.2 Å². The van der Waals surface area contributed by atoms with Crippen LogP contribution in [0.5, 0.6) is 0 Å². The molecular weight excluding hydrogens is 448 g/mol. The van der Waals surface area contributed by atoms with Gasteiger partial charge in [-0.3, -0.25) is 9.59 Å². The smallest absolute Gasteiger partial charge is 0.242 e. The second-order valence-corrected chi connectivity index (χ2v) is 9.02. The number of nitrogens with zero attached hydrogens (tertiary/aromatic N) is 1. The van der Waals surface area contributed by atoms with Crippen LogP contribution in [-0.2, 0) is 21.9 Å². The fourth-order valence-electron chi connectivity index (χ4n) is 2.75. The van der Waals surface area contributed by atoms with Gasteiger partial charge in [0.1, 0.15) is 6.04 Å². The molecule has 0 spiro atoms. The Morgan fingerprint density at radius 1 is 1.03 bits per heavy atom. The van der Waals surface area contributed by atoms with E-state index in [1.54, 1.807) is 23.6 Å². The van der Waals surface area contributed by atoms with Gasteiger partial charge in [-0.05, 0) is 43.5 Å². The van der Waals surface area contributed by atoms with Gasteiger partial charge in [-0.1, -0.05) is 65.3 Å². The quantitative estimate of drug-likeness (QED) is 0.523. The third kappa shape index (κ3) is 7.86. The molecule has 0 unspecified atom stereocenters. The zero-order chi connectivity index (χ0) is 21.2. The van der Waals surface area contributed by atoms with E-state index in [0.717, 1.165) is 22.2 Å². The van der Waals surface area contributed by atoms with Crippen LogP contribution in [0.15, 0.2) is 59.1 Å². The standard InChI is InChI=1S/C23H29BrN2O2S/c1-4-17(2)25-23(28)18(3)26(14-19-10-12-21(24)13-11-19)22(27)16-29-15-20-8-6-5-7-9-20/h5-13,17-18H,4,14-16H2,1-3H3,(H,25,28)/t17-,18-/m1/s1. The third-order valence-corrected chi connectivity index (χ3v) is 6.29. The molecule has 0 aliphatic carbocycles. The molecule has 2 aromatic carbocycles. The van der Waals surface area contributed by atoms with Crippen molar-refractivity contribution in [2.45, 2.75) is 51.6 Å². The molecule has 6 heteroatoms. The second kappa shape index (κ2) is 12.0. The van der Waals surface area contributed by atoms with Crippen molar-refractivity contribution >= 4 is 39.5 Å². The summed E-state index contributed by atoms with van der Waals surface area (Å²) in [7, 11) is 0. The maximum Gasteiger partial charge on any atom is 0.242 e. The lowest BCUT2D eigenvalue weighted by Crippen LogP contribution is -2.50. The van der Waals surface area contributed by atoms with Crippen molar-refractivity contribution in [3.8, 4) is 0 Å². The maximum absolute atomic E-state index is 13.0.